The van der Waals surface area contributed by atoms with Gasteiger partial charge in [0.15, 0.2) is 5.78 Å². The van der Waals surface area contributed by atoms with Crippen LogP contribution in [0.5, 0.6) is 5.75 Å². The summed E-state index contributed by atoms with van der Waals surface area (Å²) < 4.78 is 4.94. The van der Waals surface area contributed by atoms with E-state index in [0.29, 0.717) is 11.3 Å². The van der Waals surface area contributed by atoms with Gasteiger partial charge < -0.3 is 10.5 Å². The van der Waals surface area contributed by atoms with Gasteiger partial charge in [-0.2, -0.15) is 5.26 Å². The van der Waals surface area contributed by atoms with E-state index in [1.165, 1.54) is 26.2 Å². The van der Waals surface area contributed by atoms with Gasteiger partial charge in [0.1, 0.15) is 11.8 Å². The Morgan fingerprint density at radius 3 is 2.64 bits per heavy atom. The Hall–Kier alpha value is -2.02. The average molecular weight is 190 g/mol. The van der Waals surface area contributed by atoms with Crippen molar-refractivity contribution < 1.29 is 9.53 Å². The third-order valence-electron chi connectivity index (χ3n) is 1.87. The normalized spacial score (nSPS) is 9.21. The first-order valence-corrected chi connectivity index (χ1v) is 3.98. The number of methoxy groups -OCH3 is 1. The number of anilines is 1. The molecule has 4 nitrogen and oxygen atoms in total. The van der Waals surface area contributed by atoms with E-state index in [1.54, 1.807) is 0 Å². The number of benzene rings is 1. The number of nitrogen functional groups attached to an aromatic ring is 1. The van der Waals surface area contributed by atoms with Crippen molar-refractivity contribution in [1.82, 2.24) is 0 Å². The van der Waals surface area contributed by atoms with Crippen molar-refractivity contribution in [3.8, 4) is 11.8 Å². The highest BCUT2D eigenvalue weighted by atomic mass is 16.5. The van der Waals surface area contributed by atoms with Crippen LogP contribution in [0.15, 0.2) is 12.1 Å². The zero-order valence-corrected chi connectivity index (χ0v) is 8.00. The Kier molecular flexibility index (Phi) is 2.73. The predicted octanol–water partition coefficient (Wildman–Crippen LogP) is 1.35. The van der Waals surface area contributed by atoms with Crippen molar-refractivity contribution in [2.45, 2.75) is 6.92 Å². The maximum Gasteiger partial charge on any atom is 0.161 e. The molecule has 0 spiro atoms. The number of ketones is 1. The summed E-state index contributed by atoms with van der Waals surface area (Å²) in [4.78, 5) is 11.2. The van der Waals surface area contributed by atoms with Crippen molar-refractivity contribution in [2.75, 3.05) is 12.8 Å². The van der Waals surface area contributed by atoms with Crippen LogP contribution >= 0.6 is 0 Å². The number of carbonyl (C=O) groups is 1. The lowest BCUT2D eigenvalue weighted by Crippen LogP contribution is -2.02. The fourth-order valence-corrected chi connectivity index (χ4v) is 1.16. The molecule has 72 valence electrons. The smallest absolute Gasteiger partial charge is 0.161 e. The molecule has 0 aromatic heterocycles. The molecule has 14 heavy (non-hydrogen) atoms. The zero-order chi connectivity index (χ0) is 10.7. The maximum absolute atomic E-state index is 11.2. The molecule has 1 rings (SSSR count). The van der Waals surface area contributed by atoms with E-state index in [-0.39, 0.29) is 17.0 Å². The van der Waals surface area contributed by atoms with Crippen LogP contribution in [-0.4, -0.2) is 12.9 Å². The van der Waals surface area contributed by atoms with Gasteiger partial charge in [-0.3, -0.25) is 4.79 Å². The third kappa shape index (κ3) is 1.67. The topological polar surface area (TPSA) is 76.1 Å². The fourth-order valence-electron chi connectivity index (χ4n) is 1.16. The standard InChI is InChI=1S/C10H10N2O2/c1-6(13)8-3-7(14-2)4-10(12)9(8)5-11/h3-4H,12H2,1-2H3. The summed E-state index contributed by atoms with van der Waals surface area (Å²) in [7, 11) is 1.48. The molecule has 4 heteroatoms. The lowest BCUT2D eigenvalue weighted by Gasteiger charge is -2.06. The number of rotatable bonds is 2. The first kappa shape index (κ1) is 10.1. The number of carbonyl (C=O) groups excluding carboxylic acids is 1. The van der Waals surface area contributed by atoms with Crippen LogP contribution in [0.2, 0.25) is 0 Å². The van der Waals surface area contributed by atoms with E-state index < -0.39 is 0 Å². The Morgan fingerprint density at radius 2 is 2.21 bits per heavy atom. The summed E-state index contributed by atoms with van der Waals surface area (Å²) in [6.45, 7) is 1.38. The van der Waals surface area contributed by atoms with Crippen LogP contribution in [0.4, 0.5) is 5.69 Å². The largest absolute Gasteiger partial charge is 0.497 e. The molecule has 0 unspecified atom stereocenters. The molecular formula is C10H10N2O2. The van der Waals surface area contributed by atoms with Gasteiger partial charge in [-0.1, -0.05) is 0 Å². The Morgan fingerprint density at radius 1 is 1.57 bits per heavy atom. The minimum Gasteiger partial charge on any atom is -0.497 e. The summed E-state index contributed by atoms with van der Waals surface area (Å²) in [5.41, 5.74) is 6.35. The Balaban J connectivity index is 3.45. The molecule has 0 saturated carbocycles. The highest BCUT2D eigenvalue weighted by Gasteiger charge is 2.12. The molecule has 1 aromatic rings. The van der Waals surface area contributed by atoms with Gasteiger partial charge in [-0.25, -0.2) is 0 Å². The number of hydrogen-bond donors (Lipinski definition) is 1. The van der Waals surface area contributed by atoms with Gasteiger partial charge >= 0.3 is 0 Å². The van der Waals surface area contributed by atoms with Crippen LogP contribution in [0.3, 0.4) is 0 Å². The summed E-state index contributed by atoms with van der Waals surface area (Å²) in [6, 6.07) is 4.93. The third-order valence-corrected chi connectivity index (χ3v) is 1.87. The molecule has 0 bridgehead atoms. The summed E-state index contributed by atoms with van der Waals surface area (Å²) in [6.07, 6.45) is 0. The second-order valence-electron chi connectivity index (χ2n) is 2.81. The highest BCUT2D eigenvalue weighted by Crippen LogP contribution is 2.24. The summed E-state index contributed by atoms with van der Waals surface area (Å²) in [5, 5.41) is 8.79. The second kappa shape index (κ2) is 3.79. The van der Waals surface area contributed by atoms with Gasteiger partial charge in [-0.05, 0) is 13.0 Å². The molecule has 0 fully saturated rings. The molecule has 0 heterocycles. The quantitative estimate of drug-likeness (QED) is 0.564. The monoisotopic (exact) mass is 190 g/mol. The highest BCUT2D eigenvalue weighted by molar-refractivity contribution is 5.98. The molecule has 1 aromatic carbocycles. The van der Waals surface area contributed by atoms with Crippen LogP contribution < -0.4 is 10.5 Å². The molecule has 0 aliphatic heterocycles. The van der Waals surface area contributed by atoms with Gasteiger partial charge in [-0.15, -0.1) is 0 Å². The molecule has 0 amide bonds. The molecule has 0 saturated heterocycles. The number of hydrogen-bond acceptors (Lipinski definition) is 4. The molecule has 0 aliphatic rings. The lowest BCUT2D eigenvalue weighted by atomic mass is 10.0. The Bertz CT molecular complexity index is 419. The molecular weight excluding hydrogens is 180 g/mol. The molecule has 2 N–H and O–H groups in total. The first-order valence-electron chi connectivity index (χ1n) is 3.98. The fraction of sp³-hybridized carbons (Fsp3) is 0.200. The number of nitriles is 1. The van der Waals surface area contributed by atoms with Crippen molar-refractivity contribution in [2.24, 2.45) is 0 Å². The van der Waals surface area contributed by atoms with Crippen molar-refractivity contribution in [3.05, 3.63) is 23.3 Å². The zero-order valence-electron chi connectivity index (χ0n) is 8.00. The SMILES string of the molecule is COc1cc(N)c(C#N)c(C(C)=O)c1. The van der Waals surface area contributed by atoms with Gasteiger partial charge in [0, 0.05) is 11.6 Å². The van der Waals surface area contributed by atoms with Gasteiger partial charge in [0.25, 0.3) is 0 Å². The number of nitrogens with zero attached hydrogens (tertiary/aromatic N) is 1. The van der Waals surface area contributed by atoms with E-state index in [0.717, 1.165) is 0 Å². The summed E-state index contributed by atoms with van der Waals surface area (Å²) in [5.74, 6) is 0.277. The average Bonchev–Trinajstić information content (AvgIpc) is 2.16. The molecule has 0 atom stereocenters. The van der Waals surface area contributed by atoms with Gasteiger partial charge in [0.2, 0.25) is 0 Å². The van der Waals surface area contributed by atoms with E-state index in [9.17, 15) is 4.79 Å². The van der Waals surface area contributed by atoms with E-state index in [4.69, 9.17) is 15.7 Å². The van der Waals surface area contributed by atoms with Crippen molar-refractivity contribution in [1.29, 1.82) is 5.26 Å². The second-order valence-corrected chi connectivity index (χ2v) is 2.81. The predicted molar refractivity (Wildman–Crippen MR) is 52.1 cm³/mol. The van der Waals surface area contributed by atoms with Gasteiger partial charge in [0.05, 0.1) is 18.4 Å². The van der Waals surface area contributed by atoms with Crippen LogP contribution in [-0.2, 0) is 0 Å². The lowest BCUT2D eigenvalue weighted by molar-refractivity contribution is 0.101. The van der Waals surface area contributed by atoms with Crippen LogP contribution in [0, 0.1) is 11.3 Å². The number of nitrogens with two attached hydrogens (primary N) is 1. The van der Waals surface area contributed by atoms with E-state index in [1.807, 2.05) is 6.07 Å². The van der Waals surface area contributed by atoms with Crippen LogP contribution in [0.1, 0.15) is 22.8 Å². The van der Waals surface area contributed by atoms with Crippen molar-refractivity contribution >= 4 is 11.5 Å². The molecule has 0 radical (unpaired) electrons. The Labute approximate surface area is 81.9 Å². The number of ether oxygens (including phenoxy) is 1. The maximum atomic E-state index is 11.2. The van der Waals surface area contributed by atoms with Crippen molar-refractivity contribution in [3.63, 3.8) is 0 Å². The molecule has 0 aliphatic carbocycles. The van der Waals surface area contributed by atoms with E-state index in [2.05, 4.69) is 0 Å². The minimum absolute atomic E-state index is 0.202. The minimum atomic E-state index is -0.202. The first-order chi connectivity index (χ1) is 6.60. The summed E-state index contributed by atoms with van der Waals surface area (Å²) >= 11 is 0. The number of Topliss-reactive ketones (excluding diaryl/α,β-unsaturated/α-hetero) is 1. The van der Waals surface area contributed by atoms with Crippen LogP contribution in [0.25, 0.3) is 0 Å². The van der Waals surface area contributed by atoms with E-state index >= 15 is 0 Å².